The van der Waals surface area contributed by atoms with Crippen LogP contribution in [0, 0.1) is 17.0 Å². The Morgan fingerprint density at radius 2 is 2.00 bits per heavy atom. The van der Waals surface area contributed by atoms with Gasteiger partial charge in [-0.15, -0.1) is 0 Å². The number of hydrogen-bond donors (Lipinski definition) is 1. The van der Waals surface area contributed by atoms with Gasteiger partial charge in [0.2, 0.25) is 0 Å². The molecular weight excluding hydrogens is 336 g/mol. The van der Waals surface area contributed by atoms with Crippen molar-refractivity contribution in [3.63, 3.8) is 0 Å². The number of nitro benzene ring substituents is 1. The van der Waals surface area contributed by atoms with Crippen molar-refractivity contribution in [3.8, 4) is 11.5 Å². The Balaban J connectivity index is 2.39. The van der Waals surface area contributed by atoms with Gasteiger partial charge in [0.25, 0.3) is 5.69 Å². The lowest BCUT2D eigenvalue weighted by Gasteiger charge is -2.13. The van der Waals surface area contributed by atoms with Crippen molar-refractivity contribution in [1.82, 2.24) is 5.32 Å². The molecule has 5 nitrogen and oxygen atoms in total. The Hall–Kier alpha value is -1.92. The fourth-order valence-corrected chi connectivity index (χ4v) is 2.23. The molecule has 6 heteroatoms. The summed E-state index contributed by atoms with van der Waals surface area (Å²) in [5.41, 5.74) is 1.84. The number of nitrogens with zero attached hydrogens (tertiary/aromatic N) is 1. The average Bonchev–Trinajstić information content (AvgIpc) is 2.44. The fourth-order valence-electron chi connectivity index (χ4n) is 1.89. The van der Waals surface area contributed by atoms with Crippen molar-refractivity contribution >= 4 is 21.6 Å². The van der Waals surface area contributed by atoms with Crippen LogP contribution < -0.4 is 10.1 Å². The molecule has 0 saturated heterocycles. The first-order valence-corrected chi connectivity index (χ1v) is 7.16. The minimum atomic E-state index is -0.429. The molecule has 0 aliphatic carbocycles. The van der Waals surface area contributed by atoms with E-state index in [4.69, 9.17) is 4.74 Å². The van der Waals surface area contributed by atoms with Crippen molar-refractivity contribution in [2.24, 2.45) is 0 Å². The number of nitro groups is 1. The maximum absolute atomic E-state index is 10.9. The number of aryl methyl sites for hydroxylation is 1. The van der Waals surface area contributed by atoms with Gasteiger partial charge in [0.15, 0.2) is 0 Å². The third-order valence-corrected chi connectivity index (χ3v) is 3.49. The monoisotopic (exact) mass is 350 g/mol. The number of hydrogen-bond acceptors (Lipinski definition) is 4. The molecule has 0 amide bonds. The quantitative estimate of drug-likeness (QED) is 0.648. The first-order valence-electron chi connectivity index (χ1n) is 6.37. The minimum absolute atomic E-state index is 0.0146. The highest BCUT2D eigenvalue weighted by molar-refractivity contribution is 9.10. The maximum atomic E-state index is 10.9. The van der Waals surface area contributed by atoms with Crippen LogP contribution in [0.1, 0.15) is 11.1 Å². The van der Waals surface area contributed by atoms with Gasteiger partial charge in [0.05, 0.1) is 11.0 Å². The summed E-state index contributed by atoms with van der Waals surface area (Å²) in [6.07, 6.45) is 0. The zero-order valence-electron chi connectivity index (χ0n) is 11.7. The van der Waals surface area contributed by atoms with E-state index < -0.39 is 4.92 Å². The summed E-state index contributed by atoms with van der Waals surface area (Å²) >= 11 is 3.41. The first kappa shape index (κ1) is 15.5. The third kappa shape index (κ3) is 3.80. The standard InChI is InChI=1S/C15H15BrN2O3/c1-10-3-6-13(18(19)20)8-14(10)21-15-7-12(16)5-4-11(15)9-17-2/h3-8,17H,9H2,1-2H3. The summed E-state index contributed by atoms with van der Waals surface area (Å²) in [4.78, 5) is 10.4. The second-order valence-electron chi connectivity index (χ2n) is 4.59. The lowest BCUT2D eigenvalue weighted by Crippen LogP contribution is -2.06. The van der Waals surface area contributed by atoms with Gasteiger partial charge in [-0.3, -0.25) is 10.1 Å². The molecular formula is C15H15BrN2O3. The Morgan fingerprint density at radius 1 is 1.24 bits per heavy atom. The normalized spacial score (nSPS) is 10.4. The first-order chi connectivity index (χ1) is 10.0. The van der Waals surface area contributed by atoms with Crippen LogP contribution in [0.15, 0.2) is 40.9 Å². The molecule has 0 saturated carbocycles. The van der Waals surface area contributed by atoms with Crippen molar-refractivity contribution in [1.29, 1.82) is 0 Å². The van der Waals surface area contributed by atoms with Crippen molar-refractivity contribution in [2.45, 2.75) is 13.5 Å². The van der Waals surface area contributed by atoms with E-state index in [9.17, 15) is 10.1 Å². The number of non-ortho nitro benzene ring substituents is 1. The number of halogens is 1. The van der Waals surface area contributed by atoms with Crippen molar-refractivity contribution in [2.75, 3.05) is 7.05 Å². The Kier molecular flexibility index (Phi) is 4.93. The van der Waals surface area contributed by atoms with Crippen LogP contribution in [0.4, 0.5) is 5.69 Å². The van der Waals surface area contributed by atoms with Gasteiger partial charge in [-0.1, -0.05) is 22.0 Å². The summed E-state index contributed by atoms with van der Waals surface area (Å²) < 4.78 is 6.78. The maximum Gasteiger partial charge on any atom is 0.273 e. The van der Waals surface area contributed by atoms with Crippen LogP contribution in [0.2, 0.25) is 0 Å². The molecule has 2 aromatic rings. The van der Waals surface area contributed by atoms with E-state index in [1.54, 1.807) is 6.07 Å². The van der Waals surface area contributed by atoms with Gasteiger partial charge < -0.3 is 10.1 Å². The molecule has 0 aliphatic heterocycles. The number of rotatable bonds is 5. The Bertz CT molecular complexity index is 674. The molecule has 21 heavy (non-hydrogen) atoms. The van der Waals surface area contributed by atoms with E-state index in [0.717, 1.165) is 15.6 Å². The van der Waals surface area contributed by atoms with E-state index in [0.29, 0.717) is 18.0 Å². The molecule has 2 rings (SSSR count). The summed E-state index contributed by atoms with van der Waals surface area (Å²) in [6, 6.07) is 10.3. The van der Waals surface area contributed by atoms with Gasteiger partial charge in [-0.05, 0) is 37.7 Å². The molecule has 0 atom stereocenters. The largest absolute Gasteiger partial charge is 0.456 e. The molecule has 0 aliphatic rings. The molecule has 1 N–H and O–H groups in total. The minimum Gasteiger partial charge on any atom is -0.456 e. The molecule has 0 fully saturated rings. The third-order valence-electron chi connectivity index (χ3n) is 3.00. The van der Waals surface area contributed by atoms with Crippen LogP contribution in [0.5, 0.6) is 11.5 Å². The van der Waals surface area contributed by atoms with Crippen LogP contribution in [0.25, 0.3) is 0 Å². The second-order valence-corrected chi connectivity index (χ2v) is 5.51. The molecule has 0 spiro atoms. The molecule has 0 unspecified atom stereocenters. The van der Waals surface area contributed by atoms with E-state index in [-0.39, 0.29) is 5.69 Å². The zero-order chi connectivity index (χ0) is 15.4. The summed E-state index contributed by atoms with van der Waals surface area (Å²) in [5.74, 6) is 1.15. The molecule has 0 bridgehead atoms. The molecule has 0 aromatic heterocycles. The number of nitrogens with one attached hydrogen (secondary N) is 1. The van der Waals surface area contributed by atoms with Gasteiger partial charge >= 0.3 is 0 Å². The van der Waals surface area contributed by atoms with Gasteiger partial charge in [0, 0.05) is 22.6 Å². The highest BCUT2D eigenvalue weighted by atomic mass is 79.9. The van der Waals surface area contributed by atoms with Gasteiger partial charge in [-0.25, -0.2) is 0 Å². The molecule has 0 heterocycles. The topological polar surface area (TPSA) is 64.4 Å². The summed E-state index contributed by atoms with van der Waals surface area (Å²) in [6.45, 7) is 2.51. The van der Waals surface area contributed by atoms with Gasteiger partial charge in [0.1, 0.15) is 11.5 Å². The fraction of sp³-hybridized carbons (Fsp3) is 0.200. The lowest BCUT2D eigenvalue weighted by molar-refractivity contribution is -0.384. The summed E-state index contributed by atoms with van der Waals surface area (Å²) in [7, 11) is 1.85. The predicted octanol–water partition coefficient (Wildman–Crippen LogP) is 4.18. The van der Waals surface area contributed by atoms with E-state index in [1.807, 2.05) is 32.2 Å². The second kappa shape index (κ2) is 6.69. The van der Waals surface area contributed by atoms with Crippen LogP contribution in [-0.4, -0.2) is 12.0 Å². The SMILES string of the molecule is CNCc1ccc(Br)cc1Oc1cc([N+](=O)[O-])ccc1C. The predicted molar refractivity (Wildman–Crippen MR) is 84.8 cm³/mol. The van der Waals surface area contributed by atoms with E-state index >= 15 is 0 Å². The van der Waals surface area contributed by atoms with Crippen LogP contribution in [-0.2, 0) is 6.54 Å². The van der Waals surface area contributed by atoms with Crippen LogP contribution >= 0.6 is 15.9 Å². The average molecular weight is 351 g/mol. The van der Waals surface area contributed by atoms with Crippen LogP contribution in [0.3, 0.4) is 0 Å². The van der Waals surface area contributed by atoms with Crippen molar-refractivity contribution < 1.29 is 9.66 Å². The molecule has 0 radical (unpaired) electrons. The van der Waals surface area contributed by atoms with E-state index in [2.05, 4.69) is 21.2 Å². The van der Waals surface area contributed by atoms with Crippen molar-refractivity contribution in [3.05, 3.63) is 62.1 Å². The number of ether oxygens (including phenoxy) is 1. The molecule has 2 aromatic carbocycles. The zero-order valence-corrected chi connectivity index (χ0v) is 13.3. The Morgan fingerprint density at radius 3 is 2.67 bits per heavy atom. The summed E-state index contributed by atoms with van der Waals surface area (Å²) in [5, 5.41) is 13.9. The molecule has 110 valence electrons. The highest BCUT2D eigenvalue weighted by Crippen LogP contribution is 2.32. The lowest BCUT2D eigenvalue weighted by atomic mass is 10.2. The van der Waals surface area contributed by atoms with Gasteiger partial charge in [-0.2, -0.15) is 0 Å². The Labute approximate surface area is 131 Å². The number of benzene rings is 2. The smallest absolute Gasteiger partial charge is 0.273 e. The highest BCUT2D eigenvalue weighted by Gasteiger charge is 2.12. The van der Waals surface area contributed by atoms with E-state index in [1.165, 1.54) is 12.1 Å².